The van der Waals surface area contributed by atoms with E-state index in [1.165, 1.54) is 4.52 Å². The van der Waals surface area contributed by atoms with E-state index in [1.807, 2.05) is 6.07 Å². The Hall–Kier alpha value is -1.75. The molecule has 0 aromatic carbocycles. The van der Waals surface area contributed by atoms with Crippen molar-refractivity contribution in [3.05, 3.63) is 29.7 Å². The summed E-state index contributed by atoms with van der Waals surface area (Å²) in [4.78, 5) is 15.0. The van der Waals surface area contributed by atoms with Gasteiger partial charge >= 0.3 is 0 Å². The fraction of sp³-hybridized carbons (Fsp3) is 0.300. The average molecular weight is 205 g/mol. The molecule has 2 rings (SSSR count). The van der Waals surface area contributed by atoms with Gasteiger partial charge in [0.15, 0.2) is 17.8 Å². The fourth-order valence-electron chi connectivity index (χ4n) is 1.36. The van der Waals surface area contributed by atoms with Crippen LogP contribution < -0.4 is 0 Å². The van der Waals surface area contributed by atoms with E-state index in [4.69, 9.17) is 4.74 Å². The van der Waals surface area contributed by atoms with Crippen LogP contribution in [-0.2, 0) is 11.2 Å². The van der Waals surface area contributed by atoms with Crippen molar-refractivity contribution in [3.8, 4) is 0 Å². The average Bonchev–Trinajstić information content (AvgIpc) is 2.68. The molecule has 15 heavy (non-hydrogen) atoms. The third-order valence-electron chi connectivity index (χ3n) is 2.08. The van der Waals surface area contributed by atoms with Crippen molar-refractivity contribution in [1.29, 1.82) is 0 Å². The van der Waals surface area contributed by atoms with E-state index in [9.17, 15) is 4.79 Å². The normalized spacial score (nSPS) is 10.7. The summed E-state index contributed by atoms with van der Waals surface area (Å²) in [5.41, 5.74) is 1.19. The molecule has 0 saturated heterocycles. The molecule has 0 unspecified atom stereocenters. The summed E-state index contributed by atoms with van der Waals surface area (Å²) >= 11 is 0. The molecular formula is C10H11N3O2. The first-order valence-corrected chi connectivity index (χ1v) is 4.64. The van der Waals surface area contributed by atoms with Crippen LogP contribution in [-0.4, -0.2) is 34.6 Å². The predicted octanol–water partition coefficient (Wildman–Crippen LogP) is 0.731. The summed E-state index contributed by atoms with van der Waals surface area (Å²) in [5, 5.41) is 4.22. The Labute approximate surface area is 86.7 Å². The SMILES string of the molecule is COCCc1nc2cccc(C=O)n2n1. The highest BCUT2D eigenvalue weighted by atomic mass is 16.5. The van der Waals surface area contributed by atoms with Gasteiger partial charge in [-0.25, -0.2) is 9.50 Å². The van der Waals surface area contributed by atoms with Crippen LogP contribution >= 0.6 is 0 Å². The number of nitrogens with zero attached hydrogens (tertiary/aromatic N) is 3. The molecule has 0 fully saturated rings. The molecule has 0 atom stereocenters. The molecule has 2 aromatic heterocycles. The zero-order valence-corrected chi connectivity index (χ0v) is 8.38. The second-order valence-corrected chi connectivity index (χ2v) is 3.11. The summed E-state index contributed by atoms with van der Waals surface area (Å²) in [6, 6.07) is 5.30. The smallest absolute Gasteiger partial charge is 0.168 e. The van der Waals surface area contributed by atoms with Gasteiger partial charge in [0.05, 0.1) is 6.61 Å². The van der Waals surface area contributed by atoms with Gasteiger partial charge in [-0.15, -0.1) is 0 Å². The monoisotopic (exact) mass is 205 g/mol. The van der Waals surface area contributed by atoms with Gasteiger partial charge in [0.25, 0.3) is 0 Å². The van der Waals surface area contributed by atoms with Gasteiger partial charge in [-0.2, -0.15) is 5.10 Å². The number of rotatable bonds is 4. The van der Waals surface area contributed by atoms with Crippen molar-refractivity contribution in [2.75, 3.05) is 13.7 Å². The molecule has 2 aromatic rings. The maximum atomic E-state index is 10.7. The van der Waals surface area contributed by atoms with E-state index in [0.717, 1.165) is 6.29 Å². The number of carbonyl (C=O) groups is 1. The lowest BCUT2D eigenvalue weighted by Crippen LogP contribution is -1.99. The van der Waals surface area contributed by atoms with Crippen molar-refractivity contribution in [3.63, 3.8) is 0 Å². The summed E-state index contributed by atoms with van der Waals surface area (Å²) in [7, 11) is 1.63. The van der Waals surface area contributed by atoms with Crippen LogP contribution in [0.25, 0.3) is 5.65 Å². The van der Waals surface area contributed by atoms with Gasteiger partial charge in [-0.3, -0.25) is 4.79 Å². The number of ether oxygens (including phenoxy) is 1. The molecular weight excluding hydrogens is 194 g/mol. The zero-order chi connectivity index (χ0) is 10.7. The molecule has 2 heterocycles. The maximum absolute atomic E-state index is 10.7. The van der Waals surface area contributed by atoms with Gasteiger partial charge in [0.2, 0.25) is 0 Å². The van der Waals surface area contributed by atoms with E-state index in [2.05, 4.69) is 10.1 Å². The lowest BCUT2D eigenvalue weighted by Gasteiger charge is -1.93. The quantitative estimate of drug-likeness (QED) is 0.690. The minimum absolute atomic E-state index is 0.503. The number of hydrogen-bond donors (Lipinski definition) is 0. The highest BCUT2D eigenvalue weighted by Crippen LogP contribution is 2.04. The number of aldehydes is 1. The standard InChI is InChI=1S/C10H11N3O2/c1-15-6-5-9-11-10-4-2-3-8(7-14)13(10)12-9/h2-4,7H,5-6H2,1H3. The van der Waals surface area contributed by atoms with Crippen LogP contribution in [0.5, 0.6) is 0 Å². The molecule has 0 bridgehead atoms. The Morgan fingerprint density at radius 1 is 1.53 bits per heavy atom. The van der Waals surface area contributed by atoms with Crippen LogP contribution in [0.3, 0.4) is 0 Å². The highest BCUT2D eigenvalue weighted by molar-refractivity contribution is 5.73. The third kappa shape index (κ3) is 1.87. The van der Waals surface area contributed by atoms with Crippen molar-refractivity contribution in [2.24, 2.45) is 0 Å². The van der Waals surface area contributed by atoms with Gasteiger partial charge in [0.1, 0.15) is 5.69 Å². The van der Waals surface area contributed by atoms with E-state index in [-0.39, 0.29) is 0 Å². The van der Waals surface area contributed by atoms with Crippen LogP contribution in [0.4, 0.5) is 0 Å². The lowest BCUT2D eigenvalue weighted by molar-refractivity contribution is 0.111. The van der Waals surface area contributed by atoms with Crippen LogP contribution in [0.15, 0.2) is 18.2 Å². The van der Waals surface area contributed by atoms with Crippen molar-refractivity contribution in [2.45, 2.75) is 6.42 Å². The first-order valence-electron chi connectivity index (χ1n) is 4.64. The largest absolute Gasteiger partial charge is 0.384 e. The van der Waals surface area contributed by atoms with Crippen LogP contribution in [0, 0.1) is 0 Å². The zero-order valence-electron chi connectivity index (χ0n) is 8.38. The maximum Gasteiger partial charge on any atom is 0.168 e. The molecule has 0 radical (unpaired) electrons. The number of aromatic nitrogens is 3. The lowest BCUT2D eigenvalue weighted by atomic mass is 10.4. The fourth-order valence-corrected chi connectivity index (χ4v) is 1.36. The van der Waals surface area contributed by atoms with Gasteiger partial charge in [0, 0.05) is 13.5 Å². The molecule has 0 aliphatic carbocycles. The Kier molecular flexibility index (Phi) is 2.73. The highest BCUT2D eigenvalue weighted by Gasteiger charge is 2.05. The van der Waals surface area contributed by atoms with E-state index in [1.54, 1.807) is 19.2 Å². The molecule has 0 amide bonds. The van der Waals surface area contributed by atoms with E-state index in [0.29, 0.717) is 30.2 Å². The summed E-state index contributed by atoms with van der Waals surface area (Å²) in [6.45, 7) is 0.577. The number of methoxy groups -OCH3 is 1. The molecule has 78 valence electrons. The summed E-state index contributed by atoms with van der Waals surface area (Å²) in [6.07, 6.45) is 1.41. The number of hydrogen-bond acceptors (Lipinski definition) is 4. The molecule has 0 spiro atoms. The molecule has 5 nitrogen and oxygen atoms in total. The van der Waals surface area contributed by atoms with Gasteiger partial charge < -0.3 is 4.74 Å². The minimum atomic E-state index is 0.503. The number of pyridine rings is 1. The molecule has 0 N–H and O–H groups in total. The van der Waals surface area contributed by atoms with E-state index < -0.39 is 0 Å². The summed E-state index contributed by atoms with van der Waals surface area (Å²) < 4.78 is 6.48. The first kappa shape index (κ1) is 9.79. The Morgan fingerprint density at radius 3 is 3.13 bits per heavy atom. The second-order valence-electron chi connectivity index (χ2n) is 3.11. The van der Waals surface area contributed by atoms with Gasteiger partial charge in [-0.1, -0.05) is 6.07 Å². The Bertz CT molecular complexity index is 478. The Balaban J connectivity index is 2.41. The Morgan fingerprint density at radius 2 is 2.40 bits per heavy atom. The van der Waals surface area contributed by atoms with Crippen molar-refractivity contribution < 1.29 is 9.53 Å². The van der Waals surface area contributed by atoms with E-state index >= 15 is 0 Å². The topological polar surface area (TPSA) is 56.5 Å². The minimum Gasteiger partial charge on any atom is -0.384 e. The molecule has 0 aliphatic heterocycles. The summed E-state index contributed by atoms with van der Waals surface area (Å²) in [5.74, 6) is 0.686. The molecule has 5 heteroatoms. The van der Waals surface area contributed by atoms with Crippen LogP contribution in [0.2, 0.25) is 0 Å². The van der Waals surface area contributed by atoms with Crippen molar-refractivity contribution in [1.82, 2.24) is 14.6 Å². The number of fused-ring (bicyclic) bond motifs is 1. The predicted molar refractivity (Wildman–Crippen MR) is 54.0 cm³/mol. The number of carbonyl (C=O) groups excluding carboxylic acids is 1. The van der Waals surface area contributed by atoms with Crippen LogP contribution in [0.1, 0.15) is 16.3 Å². The van der Waals surface area contributed by atoms with Gasteiger partial charge in [-0.05, 0) is 12.1 Å². The molecule has 0 saturated carbocycles. The first-order chi connectivity index (χ1) is 7.35. The van der Waals surface area contributed by atoms with Crippen molar-refractivity contribution >= 4 is 11.9 Å². The second kappa shape index (κ2) is 4.18. The molecule has 0 aliphatic rings. The third-order valence-corrected chi connectivity index (χ3v) is 2.08.